The lowest BCUT2D eigenvalue weighted by atomic mass is 10.2. The zero-order valence-corrected chi connectivity index (χ0v) is 17.9. The third-order valence-electron chi connectivity index (χ3n) is 5.24. The van der Waals surface area contributed by atoms with Gasteiger partial charge in [-0.3, -0.25) is 19.6 Å². The first kappa shape index (κ1) is 22.1. The monoisotopic (exact) mass is 446 g/mol. The van der Waals surface area contributed by atoms with Crippen molar-refractivity contribution in [2.24, 2.45) is 0 Å². The number of amides is 2. The van der Waals surface area contributed by atoms with Gasteiger partial charge in [0.05, 0.1) is 12.6 Å². The number of hydrogen-bond donors (Lipinski definition) is 0. The van der Waals surface area contributed by atoms with Gasteiger partial charge in [0.25, 0.3) is 0 Å². The second-order valence-electron chi connectivity index (χ2n) is 7.52. The smallest absolute Gasteiger partial charge is 0.246 e. The molecule has 2 aromatic heterocycles. The molecular formula is C25H23FN4O3. The molecular weight excluding hydrogens is 423 g/mol. The first-order valence-electron chi connectivity index (χ1n) is 10.6. The molecule has 0 unspecified atom stereocenters. The lowest BCUT2D eigenvalue weighted by molar-refractivity contribution is -0.136. The van der Waals surface area contributed by atoms with E-state index >= 15 is 0 Å². The number of rotatable bonds is 6. The summed E-state index contributed by atoms with van der Waals surface area (Å²) in [6.07, 6.45) is 8.00. The zero-order valence-electron chi connectivity index (χ0n) is 17.9. The third-order valence-corrected chi connectivity index (χ3v) is 5.24. The molecule has 1 aliphatic heterocycles. The van der Waals surface area contributed by atoms with Gasteiger partial charge in [-0.15, -0.1) is 0 Å². The van der Waals surface area contributed by atoms with E-state index in [1.165, 1.54) is 24.4 Å². The highest BCUT2D eigenvalue weighted by Crippen LogP contribution is 2.25. The van der Waals surface area contributed by atoms with E-state index in [0.29, 0.717) is 37.5 Å². The van der Waals surface area contributed by atoms with Crippen LogP contribution in [0.2, 0.25) is 0 Å². The van der Waals surface area contributed by atoms with Gasteiger partial charge in [-0.2, -0.15) is 0 Å². The lowest BCUT2D eigenvalue weighted by Gasteiger charge is -2.34. The average Bonchev–Trinajstić information content (AvgIpc) is 2.85. The molecule has 0 aliphatic carbocycles. The van der Waals surface area contributed by atoms with Crippen LogP contribution < -0.4 is 4.74 Å². The Balaban J connectivity index is 1.28. The molecule has 3 heterocycles. The van der Waals surface area contributed by atoms with Gasteiger partial charge in [0.15, 0.2) is 11.6 Å². The van der Waals surface area contributed by atoms with Crippen molar-refractivity contribution in [2.45, 2.75) is 6.42 Å². The lowest BCUT2D eigenvalue weighted by Crippen LogP contribution is -2.50. The van der Waals surface area contributed by atoms with Crippen molar-refractivity contribution in [3.63, 3.8) is 0 Å². The molecule has 0 N–H and O–H groups in total. The van der Waals surface area contributed by atoms with Crippen LogP contribution in [0.4, 0.5) is 4.39 Å². The maximum absolute atomic E-state index is 14.4. The first-order valence-corrected chi connectivity index (χ1v) is 10.6. The molecule has 168 valence electrons. The van der Waals surface area contributed by atoms with Crippen molar-refractivity contribution in [3.05, 3.63) is 90.3 Å². The standard InChI is InChI=1S/C25H23FN4O3/c26-22-16-19(6-8-23(22)33-21-5-3-10-27-18-21)7-9-24(31)29-12-14-30(15-13-29)25(32)17-20-4-1-2-11-28-20/h1-11,16,18H,12-15,17H2. The minimum Gasteiger partial charge on any atom is -0.453 e. The summed E-state index contributed by atoms with van der Waals surface area (Å²) in [5.41, 5.74) is 1.27. The van der Waals surface area contributed by atoms with Crippen molar-refractivity contribution in [1.82, 2.24) is 19.8 Å². The number of carbonyl (C=O) groups excluding carboxylic acids is 2. The number of halogens is 1. The molecule has 2 amide bonds. The second kappa shape index (κ2) is 10.5. The maximum atomic E-state index is 14.4. The van der Waals surface area contributed by atoms with Crippen molar-refractivity contribution in [2.75, 3.05) is 26.2 Å². The quantitative estimate of drug-likeness (QED) is 0.543. The van der Waals surface area contributed by atoms with Gasteiger partial charge in [-0.25, -0.2) is 4.39 Å². The van der Waals surface area contributed by atoms with Crippen molar-refractivity contribution in [1.29, 1.82) is 0 Å². The van der Waals surface area contributed by atoms with Gasteiger partial charge >= 0.3 is 0 Å². The highest BCUT2D eigenvalue weighted by molar-refractivity contribution is 5.92. The van der Waals surface area contributed by atoms with Crippen LogP contribution in [-0.2, 0) is 16.0 Å². The number of pyridine rings is 2. The Morgan fingerprint density at radius 2 is 1.82 bits per heavy atom. The number of carbonyl (C=O) groups is 2. The number of hydrogen-bond acceptors (Lipinski definition) is 5. The summed E-state index contributed by atoms with van der Waals surface area (Å²) in [6.45, 7) is 1.84. The SMILES string of the molecule is O=C(C=Cc1ccc(Oc2cccnc2)c(F)c1)N1CCN(C(=O)Cc2ccccn2)CC1. The van der Waals surface area contributed by atoms with Crippen LogP contribution in [0.5, 0.6) is 11.5 Å². The van der Waals surface area contributed by atoms with E-state index in [1.54, 1.807) is 46.5 Å². The molecule has 33 heavy (non-hydrogen) atoms. The van der Waals surface area contributed by atoms with E-state index in [-0.39, 0.29) is 24.0 Å². The molecule has 0 bridgehead atoms. The Morgan fingerprint density at radius 1 is 1.00 bits per heavy atom. The Hall–Kier alpha value is -4.07. The fraction of sp³-hybridized carbons (Fsp3) is 0.200. The van der Waals surface area contributed by atoms with Crippen LogP contribution in [0, 0.1) is 5.82 Å². The zero-order chi connectivity index (χ0) is 23.0. The minimum atomic E-state index is -0.534. The number of ether oxygens (including phenoxy) is 1. The Bertz CT molecular complexity index is 1130. The van der Waals surface area contributed by atoms with E-state index in [0.717, 1.165) is 5.69 Å². The molecule has 1 aromatic carbocycles. The van der Waals surface area contributed by atoms with Crippen molar-refractivity contribution >= 4 is 17.9 Å². The van der Waals surface area contributed by atoms with E-state index < -0.39 is 5.82 Å². The molecule has 0 atom stereocenters. The predicted molar refractivity (Wildman–Crippen MR) is 121 cm³/mol. The summed E-state index contributed by atoms with van der Waals surface area (Å²) >= 11 is 0. The van der Waals surface area contributed by atoms with Crippen molar-refractivity contribution in [3.8, 4) is 11.5 Å². The van der Waals surface area contributed by atoms with E-state index in [2.05, 4.69) is 9.97 Å². The van der Waals surface area contributed by atoms with Crippen LogP contribution in [0.3, 0.4) is 0 Å². The second-order valence-corrected chi connectivity index (χ2v) is 7.52. The predicted octanol–water partition coefficient (Wildman–Crippen LogP) is 3.33. The molecule has 7 nitrogen and oxygen atoms in total. The summed E-state index contributed by atoms with van der Waals surface area (Å²) in [6, 6.07) is 13.4. The molecule has 1 fully saturated rings. The normalized spacial score (nSPS) is 13.8. The fourth-order valence-corrected chi connectivity index (χ4v) is 3.46. The summed E-state index contributed by atoms with van der Waals surface area (Å²) < 4.78 is 19.9. The highest BCUT2D eigenvalue weighted by Gasteiger charge is 2.23. The molecule has 1 saturated heterocycles. The molecule has 4 rings (SSSR count). The summed E-state index contributed by atoms with van der Waals surface area (Å²) in [5.74, 6) is -0.192. The number of nitrogens with zero attached hydrogens (tertiary/aromatic N) is 4. The van der Waals surface area contributed by atoms with Crippen molar-refractivity contribution < 1.29 is 18.7 Å². The van der Waals surface area contributed by atoms with Gasteiger partial charge in [0, 0.05) is 50.3 Å². The summed E-state index contributed by atoms with van der Waals surface area (Å²) in [5, 5.41) is 0. The fourth-order valence-electron chi connectivity index (χ4n) is 3.46. The first-order chi connectivity index (χ1) is 16.1. The van der Waals surface area contributed by atoms with E-state index in [1.807, 2.05) is 18.2 Å². The van der Waals surface area contributed by atoms with E-state index in [4.69, 9.17) is 4.74 Å². The Morgan fingerprint density at radius 3 is 2.52 bits per heavy atom. The molecule has 1 aliphatic rings. The third kappa shape index (κ3) is 6.00. The Kier molecular flexibility index (Phi) is 7.04. The molecule has 0 saturated carbocycles. The van der Waals surface area contributed by atoms with Gasteiger partial charge < -0.3 is 14.5 Å². The van der Waals surface area contributed by atoms with Crippen LogP contribution in [0.25, 0.3) is 6.08 Å². The van der Waals surface area contributed by atoms with E-state index in [9.17, 15) is 14.0 Å². The maximum Gasteiger partial charge on any atom is 0.246 e. The number of benzene rings is 1. The van der Waals surface area contributed by atoms with Gasteiger partial charge in [0.1, 0.15) is 5.75 Å². The molecule has 3 aromatic rings. The van der Waals surface area contributed by atoms with Crippen LogP contribution in [-0.4, -0.2) is 57.8 Å². The van der Waals surface area contributed by atoms with Gasteiger partial charge in [-0.1, -0.05) is 12.1 Å². The topological polar surface area (TPSA) is 75.6 Å². The largest absolute Gasteiger partial charge is 0.453 e. The molecule has 0 spiro atoms. The average molecular weight is 446 g/mol. The minimum absolute atomic E-state index is 0.000379. The summed E-state index contributed by atoms with van der Waals surface area (Å²) in [7, 11) is 0. The Labute approximate surface area is 191 Å². The van der Waals surface area contributed by atoms with Crippen LogP contribution in [0.1, 0.15) is 11.3 Å². The molecule has 8 heteroatoms. The number of aromatic nitrogens is 2. The van der Waals surface area contributed by atoms with Crippen LogP contribution >= 0.6 is 0 Å². The highest BCUT2D eigenvalue weighted by atomic mass is 19.1. The van der Waals surface area contributed by atoms with Crippen LogP contribution in [0.15, 0.2) is 73.2 Å². The molecule has 0 radical (unpaired) electrons. The summed E-state index contributed by atoms with van der Waals surface area (Å²) in [4.78, 5) is 36.5. The number of piperazine rings is 1. The van der Waals surface area contributed by atoms with Gasteiger partial charge in [-0.05, 0) is 48.0 Å². The van der Waals surface area contributed by atoms with Gasteiger partial charge in [0.2, 0.25) is 11.8 Å².